The van der Waals surface area contributed by atoms with Crippen molar-refractivity contribution in [3.63, 3.8) is 0 Å². The van der Waals surface area contributed by atoms with Crippen LogP contribution in [0.3, 0.4) is 0 Å². The van der Waals surface area contributed by atoms with E-state index in [0.717, 1.165) is 12.8 Å². The molecule has 1 rings (SSSR count). The average molecular weight is 216 g/mol. The van der Waals surface area contributed by atoms with Gasteiger partial charge in [0.2, 0.25) is 0 Å². The van der Waals surface area contributed by atoms with Gasteiger partial charge in [0.25, 0.3) is 0 Å². The van der Waals surface area contributed by atoms with E-state index in [9.17, 15) is 9.90 Å². The first-order valence-corrected chi connectivity index (χ1v) is 5.28. The summed E-state index contributed by atoms with van der Waals surface area (Å²) in [5.41, 5.74) is -0.639. The Hall–Kier alpha value is -0.810. The van der Waals surface area contributed by atoms with Crippen molar-refractivity contribution in [2.45, 2.75) is 37.3 Å². The van der Waals surface area contributed by atoms with E-state index in [2.05, 4.69) is 5.32 Å². The lowest BCUT2D eigenvalue weighted by molar-refractivity contribution is -0.0222. The third-order valence-corrected chi connectivity index (χ3v) is 2.85. The maximum absolute atomic E-state index is 10.4. The highest BCUT2D eigenvalue weighted by Gasteiger charge is 2.33. The summed E-state index contributed by atoms with van der Waals surface area (Å²) in [6.07, 6.45) is 1.79. The highest BCUT2D eigenvalue weighted by molar-refractivity contribution is 5.64. The summed E-state index contributed by atoms with van der Waals surface area (Å²) in [6.45, 7) is 0.646. The molecule has 1 saturated carbocycles. The summed E-state index contributed by atoms with van der Waals surface area (Å²) in [6, 6.07) is 0.00457. The molecule has 3 N–H and O–H groups in total. The van der Waals surface area contributed by atoms with Crippen molar-refractivity contribution in [2.75, 3.05) is 20.6 Å². The molecule has 0 heterocycles. The van der Waals surface area contributed by atoms with Crippen molar-refractivity contribution in [1.82, 2.24) is 10.2 Å². The van der Waals surface area contributed by atoms with Gasteiger partial charge in [-0.3, -0.25) is 0 Å². The second-order valence-electron chi connectivity index (χ2n) is 4.69. The number of nitrogens with one attached hydrogen (secondary N) is 1. The van der Waals surface area contributed by atoms with Crippen LogP contribution in [0.25, 0.3) is 0 Å². The molecule has 0 unspecified atom stereocenters. The van der Waals surface area contributed by atoms with Crippen LogP contribution in [0.1, 0.15) is 25.7 Å². The smallest absolute Gasteiger partial charge is 0.404 e. The normalized spacial score (nSPS) is 31.6. The highest BCUT2D eigenvalue weighted by atomic mass is 16.4. The predicted octanol–water partition coefficient (Wildman–Crippen LogP) is 0.489. The first kappa shape index (κ1) is 12.3. The second kappa shape index (κ2) is 4.81. The minimum Gasteiger partial charge on any atom is -0.465 e. The van der Waals surface area contributed by atoms with Gasteiger partial charge in [-0.05, 0) is 39.8 Å². The molecule has 15 heavy (non-hydrogen) atoms. The topological polar surface area (TPSA) is 72.8 Å². The third-order valence-electron chi connectivity index (χ3n) is 2.85. The zero-order chi connectivity index (χ0) is 11.5. The molecule has 0 atom stereocenters. The second-order valence-corrected chi connectivity index (χ2v) is 4.69. The van der Waals surface area contributed by atoms with Gasteiger partial charge >= 0.3 is 6.09 Å². The largest absolute Gasteiger partial charge is 0.465 e. The van der Waals surface area contributed by atoms with E-state index in [-0.39, 0.29) is 6.04 Å². The van der Waals surface area contributed by atoms with E-state index in [0.29, 0.717) is 19.4 Å². The van der Waals surface area contributed by atoms with Crippen molar-refractivity contribution in [1.29, 1.82) is 0 Å². The highest BCUT2D eigenvalue weighted by Crippen LogP contribution is 2.28. The van der Waals surface area contributed by atoms with Crippen molar-refractivity contribution in [2.24, 2.45) is 0 Å². The minimum atomic E-state index is -0.974. The number of carbonyl (C=O) groups is 1. The van der Waals surface area contributed by atoms with Gasteiger partial charge in [0.05, 0.1) is 5.60 Å². The summed E-state index contributed by atoms with van der Waals surface area (Å²) in [7, 11) is 3.86. The summed E-state index contributed by atoms with van der Waals surface area (Å²) < 4.78 is 0. The molecule has 0 aliphatic heterocycles. The van der Waals surface area contributed by atoms with Gasteiger partial charge in [-0.15, -0.1) is 0 Å². The third kappa shape index (κ3) is 4.05. The number of carboxylic acid groups (broad SMARTS) is 1. The van der Waals surface area contributed by atoms with Gasteiger partial charge in [0.15, 0.2) is 0 Å². The molecule has 0 aromatic heterocycles. The van der Waals surface area contributed by atoms with Crippen molar-refractivity contribution >= 4 is 6.09 Å². The number of nitrogens with zero attached hydrogens (tertiary/aromatic N) is 1. The van der Waals surface area contributed by atoms with Crippen LogP contribution >= 0.6 is 0 Å². The fraction of sp³-hybridized carbons (Fsp3) is 0.900. The zero-order valence-electron chi connectivity index (χ0n) is 9.36. The Morgan fingerprint density at radius 2 is 2.00 bits per heavy atom. The van der Waals surface area contributed by atoms with Crippen LogP contribution < -0.4 is 5.32 Å². The molecule has 88 valence electrons. The van der Waals surface area contributed by atoms with Crippen LogP contribution in [0.15, 0.2) is 0 Å². The molecule has 5 nitrogen and oxygen atoms in total. The molecule has 5 heteroatoms. The Morgan fingerprint density at radius 1 is 1.47 bits per heavy atom. The molecule has 0 aromatic rings. The van der Waals surface area contributed by atoms with Crippen LogP contribution in [0.2, 0.25) is 0 Å². The van der Waals surface area contributed by atoms with Gasteiger partial charge in [-0.2, -0.15) is 0 Å². The lowest BCUT2D eigenvalue weighted by Gasteiger charge is -2.37. The molecule has 1 amide bonds. The quantitative estimate of drug-likeness (QED) is 0.642. The Balaban J connectivity index is 2.37. The Labute approximate surface area is 90.1 Å². The first-order valence-electron chi connectivity index (χ1n) is 5.28. The summed E-state index contributed by atoms with van der Waals surface area (Å²) in [5.74, 6) is 0. The van der Waals surface area contributed by atoms with Gasteiger partial charge in [0, 0.05) is 12.6 Å². The van der Waals surface area contributed by atoms with Crippen LogP contribution in [-0.2, 0) is 0 Å². The van der Waals surface area contributed by atoms with Crippen LogP contribution in [-0.4, -0.2) is 53.5 Å². The first-order chi connectivity index (χ1) is 6.91. The van der Waals surface area contributed by atoms with E-state index in [1.165, 1.54) is 0 Å². The maximum Gasteiger partial charge on any atom is 0.404 e. The number of hydrogen-bond acceptors (Lipinski definition) is 3. The minimum absolute atomic E-state index is 0.00457. The van der Waals surface area contributed by atoms with E-state index in [4.69, 9.17) is 5.11 Å². The van der Waals surface area contributed by atoms with E-state index >= 15 is 0 Å². The number of hydrogen-bond donors (Lipinski definition) is 3. The molecular formula is C10H20N2O3. The standard InChI is InChI=1S/C10H20N2O3/c1-12(2)7-10(15)5-3-8(4-6-10)11-9(13)14/h8,11,15H,3-7H2,1-2H3,(H,13,14). The summed E-state index contributed by atoms with van der Waals surface area (Å²) in [4.78, 5) is 12.4. The Bertz CT molecular complexity index is 223. The number of amides is 1. The van der Waals surface area contributed by atoms with Gasteiger partial charge in [-0.1, -0.05) is 0 Å². The average Bonchev–Trinajstić information content (AvgIpc) is 2.07. The predicted molar refractivity (Wildman–Crippen MR) is 56.9 cm³/mol. The van der Waals surface area contributed by atoms with Crippen LogP contribution in [0.4, 0.5) is 4.79 Å². The van der Waals surface area contributed by atoms with Gasteiger partial charge in [-0.25, -0.2) is 4.79 Å². The molecule has 0 saturated heterocycles. The van der Waals surface area contributed by atoms with Crippen LogP contribution in [0.5, 0.6) is 0 Å². The molecule has 0 aromatic carbocycles. The fourth-order valence-electron chi connectivity index (χ4n) is 2.22. The Morgan fingerprint density at radius 3 is 2.40 bits per heavy atom. The van der Waals surface area contributed by atoms with E-state index in [1.807, 2.05) is 19.0 Å². The molecule has 0 spiro atoms. The molecule has 1 aliphatic carbocycles. The monoisotopic (exact) mass is 216 g/mol. The summed E-state index contributed by atoms with van der Waals surface area (Å²) in [5, 5.41) is 21.2. The van der Waals surface area contributed by atoms with Gasteiger partial charge < -0.3 is 20.4 Å². The molecule has 1 aliphatic rings. The Kier molecular flexibility index (Phi) is 3.93. The lowest BCUT2D eigenvalue weighted by Crippen LogP contribution is -2.47. The van der Waals surface area contributed by atoms with Crippen LogP contribution in [0, 0.1) is 0 Å². The van der Waals surface area contributed by atoms with E-state index in [1.54, 1.807) is 0 Å². The molecular weight excluding hydrogens is 196 g/mol. The van der Waals surface area contributed by atoms with Crippen molar-refractivity contribution in [3.8, 4) is 0 Å². The molecule has 0 radical (unpaired) electrons. The molecule has 1 fully saturated rings. The maximum atomic E-state index is 10.4. The number of rotatable bonds is 3. The van der Waals surface area contributed by atoms with Crippen molar-refractivity contribution < 1.29 is 15.0 Å². The summed E-state index contributed by atoms with van der Waals surface area (Å²) >= 11 is 0. The fourth-order valence-corrected chi connectivity index (χ4v) is 2.22. The number of likely N-dealkylation sites (N-methyl/N-ethyl adjacent to an activating group) is 1. The lowest BCUT2D eigenvalue weighted by atomic mass is 9.82. The molecule has 0 bridgehead atoms. The zero-order valence-corrected chi connectivity index (χ0v) is 9.36. The van der Waals surface area contributed by atoms with Gasteiger partial charge in [0.1, 0.15) is 0 Å². The number of aliphatic hydroxyl groups is 1. The SMILES string of the molecule is CN(C)CC1(O)CCC(NC(=O)O)CC1. The van der Waals surface area contributed by atoms with E-state index < -0.39 is 11.7 Å². The van der Waals surface area contributed by atoms with Crippen molar-refractivity contribution in [3.05, 3.63) is 0 Å².